The Morgan fingerprint density at radius 1 is 1.14 bits per heavy atom. The van der Waals surface area contributed by atoms with Crippen molar-refractivity contribution in [3.8, 4) is 11.4 Å². The van der Waals surface area contributed by atoms with Crippen LogP contribution < -0.4 is 15.2 Å². The van der Waals surface area contributed by atoms with Gasteiger partial charge >= 0.3 is 12.6 Å². The van der Waals surface area contributed by atoms with E-state index in [0.29, 0.717) is 6.07 Å². The van der Waals surface area contributed by atoms with Gasteiger partial charge in [-0.05, 0) is 24.3 Å². The second kappa shape index (κ2) is 9.42. The summed E-state index contributed by atoms with van der Waals surface area (Å²) in [6, 6.07) is 7.10. The molecule has 0 aliphatic rings. The Bertz CT molecular complexity index is 1670. The zero-order valence-corrected chi connectivity index (χ0v) is 19.0. The molecule has 4 N–H and O–H groups in total. The maximum absolute atomic E-state index is 15.4. The Kier molecular flexibility index (Phi) is 6.48. The first-order valence-electron chi connectivity index (χ1n) is 9.99. The van der Waals surface area contributed by atoms with Gasteiger partial charge in [-0.15, -0.1) is 0 Å². The summed E-state index contributed by atoms with van der Waals surface area (Å²) in [6.45, 7) is -3.25. The van der Waals surface area contributed by atoms with Crippen LogP contribution in [-0.4, -0.2) is 41.6 Å². The molecule has 0 unspecified atom stereocenters. The Hall–Kier alpha value is -4.66. The summed E-state index contributed by atoms with van der Waals surface area (Å²) >= 11 is 0. The number of nitrogens with zero attached hydrogens (tertiary/aromatic N) is 2. The molecule has 192 valence electrons. The van der Waals surface area contributed by atoms with E-state index in [2.05, 4.69) is 9.72 Å². The molecule has 2 aromatic carbocycles. The first-order chi connectivity index (χ1) is 17.4. The van der Waals surface area contributed by atoms with Crippen LogP contribution >= 0.6 is 0 Å². The number of carbonyl (C=O) groups excluding carboxylic acids is 1. The molecule has 4 aromatic rings. The van der Waals surface area contributed by atoms with Gasteiger partial charge in [-0.1, -0.05) is 6.07 Å². The lowest BCUT2D eigenvalue weighted by Gasteiger charge is -2.17. The van der Waals surface area contributed by atoms with Gasteiger partial charge in [-0.2, -0.15) is 8.78 Å². The molecule has 1 amide bonds. The zero-order valence-electron chi connectivity index (χ0n) is 18.2. The fraction of sp³-hybridized carbons (Fsp3) is 0.0455. The van der Waals surface area contributed by atoms with Crippen molar-refractivity contribution in [2.24, 2.45) is 5.73 Å². The predicted molar refractivity (Wildman–Crippen MR) is 120 cm³/mol. The highest BCUT2D eigenvalue weighted by molar-refractivity contribution is 7.92. The van der Waals surface area contributed by atoms with Gasteiger partial charge in [0.25, 0.3) is 15.9 Å². The number of rotatable bonds is 8. The highest BCUT2D eigenvalue weighted by Crippen LogP contribution is 2.33. The van der Waals surface area contributed by atoms with Crippen molar-refractivity contribution in [2.75, 3.05) is 4.72 Å². The van der Waals surface area contributed by atoms with Gasteiger partial charge < -0.3 is 15.6 Å². The number of amides is 1. The van der Waals surface area contributed by atoms with Crippen LogP contribution in [0.3, 0.4) is 0 Å². The molecule has 0 atom stereocenters. The molecule has 0 spiro atoms. The number of sulfonamides is 1. The average molecular weight is 538 g/mol. The third kappa shape index (κ3) is 4.88. The minimum absolute atomic E-state index is 0.0107. The summed E-state index contributed by atoms with van der Waals surface area (Å²) in [5.74, 6) is -6.40. The maximum atomic E-state index is 15.4. The summed E-state index contributed by atoms with van der Waals surface area (Å²) in [7, 11) is -4.74. The van der Waals surface area contributed by atoms with Crippen molar-refractivity contribution in [3.05, 3.63) is 77.6 Å². The molecular formula is C22H14F4N4O6S. The number of aromatic nitrogens is 2. The van der Waals surface area contributed by atoms with Gasteiger partial charge in [0.05, 0.1) is 16.1 Å². The lowest BCUT2D eigenvalue weighted by Crippen LogP contribution is -2.21. The molecule has 4 rings (SSSR count). The van der Waals surface area contributed by atoms with Gasteiger partial charge in [0.1, 0.15) is 28.5 Å². The number of carbonyl (C=O) groups is 2. The molecular weight excluding hydrogens is 524 g/mol. The van der Waals surface area contributed by atoms with Crippen molar-refractivity contribution in [3.63, 3.8) is 0 Å². The van der Waals surface area contributed by atoms with E-state index in [9.17, 15) is 31.2 Å². The highest BCUT2D eigenvalue weighted by atomic mass is 32.2. The number of carboxylic acid groups (broad SMARTS) is 1. The monoisotopic (exact) mass is 538 g/mol. The van der Waals surface area contributed by atoms with Gasteiger partial charge in [-0.3, -0.25) is 14.1 Å². The van der Waals surface area contributed by atoms with Crippen LogP contribution in [0.15, 0.2) is 59.8 Å². The van der Waals surface area contributed by atoms with Crippen LogP contribution in [0.25, 0.3) is 16.7 Å². The van der Waals surface area contributed by atoms with Gasteiger partial charge in [0.15, 0.2) is 5.82 Å². The number of hydrogen-bond donors (Lipinski definition) is 3. The molecule has 2 heterocycles. The summed E-state index contributed by atoms with van der Waals surface area (Å²) in [6.07, 6.45) is 2.21. The molecule has 0 aliphatic heterocycles. The molecule has 2 aromatic heterocycles. The predicted octanol–water partition coefficient (Wildman–Crippen LogP) is 3.50. The SMILES string of the molecule is NC(=O)c1c(F)cc(-n2ccc3cc(C(=O)O)cnc32)c(NS(=O)(=O)c2cccc(OC(F)F)c2)c1F. The van der Waals surface area contributed by atoms with E-state index in [4.69, 9.17) is 10.8 Å². The third-order valence-electron chi connectivity index (χ3n) is 5.05. The quantitative estimate of drug-likeness (QED) is 0.290. The van der Waals surface area contributed by atoms with E-state index < -0.39 is 67.7 Å². The molecule has 0 bridgehead atoms. The number of carboxylic acids is 1. The second-order valence-electron chi connectivity index (χ2n) is 7.39. The molecule has 37 heavy (non-hydrogen) atoms. The average Bonchev–Trinajstić information content (AvgIpc) is 3.23. The van der Waals surface area contributed by atoms with Crippen LogP contribution in [0.2, 0.25) is 0 Å². The number of aromatic carboxylic acids is 1. The molecule has 15 heteroatoms. The zero-order chi connectivity index (χ0) is 27.1. The number of anilines is 1. The van der Waals surface area contributed by atoms with Crippen molar-refractivity contribution < 1.29 is 45.4 Å². The summed E-state index contributed by atoms with van der Waals surface area (Å²) in [5.41, 5.74) is 2.24. The molecule has 10 nitrogen and oxygen atoms in total. The number of pyridine rings is 1. The number of alkyl halides is 2. The van der Waals surface area contributed by atoms with Crippen LogP contribution in [0, 0.1) is 11.6 Å². The van der Waals surface area contributed by atoms with Crippen LogP contribution in [0.1, 0.15) is 20.7 Å². The largest absolute Gasteiger partial charge is 0.478 e. The van der Waals surface area contributed by atoms with Gasteiger partial charge in [0.2, 0.25) is 0 Å². The summed E-state index contributed by atoms with van der Waals surface area (Å²) in [5, 5.41) is 9.38. The Morgan fingerprint density at radius 3 is 2.51 bits per heavy atom. The minimum Gasteiger partial charge on any atom is -0.478 e. The van der Waals surface area contributed by atoms with Crippen LogP contribution in [0.5, 0.6) is 5.75 Å². The van der Waals surface area contributed by atoms with E-state index in [-0.39, 0.29) is 16.6 Å². The first kappa shape index (κ1) is 25.4. The number of primary amides is 1. The summed E-state index contributed by atoms with van der Waals surface area (Å²) in [4.78, 5) is 26.3. The first-order valence-corrected chi connectivity index (χ1v) is 11.5. The third-order valence-corrected chi connectivity index (χ3v) is 6.40. The van der Waals surface area contributed by atoms with Crippen molar-refractivity contribution >= 4 is 38.6 Å². The van der Waals surface area contributed by atoms with E-state index >= 15 is 4.39 Å². The fourth-order valence-electron chi connectivity index (χ4n) is 3.47. The lowest BCUT2D eigenvalue weighted by molar-refractivity contribution is -0.0500. The Balaban J connectivity index is 1.90. The van der Waals surface area contributed by atoms with Gasteiger partial charge in [0, 0.05) is 29.9 Å². The number of nitrogens with one attached hydrogen (secondary N) is 1. The topological polar surface area (TPSA) is 154 Å². The molecule has 0 fully saturated rings. The van der Waals surface area contributed by atoms with E-state index in [1.807, 2.05) is 4.72 Å². The standard InChI is InChI=1S/C22H14F4N4O6S/c23-14-8-15(30-5-4-10-6-11(21(32)33)9-28-20(10)30)18(17(24)16(14)19(27)31)29-37(34,35)13-3-1-2-12(7-13)36-22(25)26/h1-9,22,29H,(H2,27,31)(H,32,33). The fourth-order valence-corrected chi connectivity index (χ4v) is 4.58. The van der Waals surface area contributed by atoms with E-state index in [1.54, 1.807) is 0 Å². The van der Waals surface area contributed by atoms with E-state index in [1.165, 1.54) is 18.3 Å². The summed E-state index contributed by atoms with van der Waals surface area (Å²) < 4.78 is 88.4. The molecule has 0 saturated carbocycles. The number of halogens is 4. The van der Waals surface area contributed by atoms with E-state index in [0.717, 1.165) is 35.0 Å². The second-order valence-corrected chi connectivity index (χ2v) is 9.07. The van der Waals surface area contributed by atoms with Crippen molar-refractivity contribution in [2.45, 2.75) is 11.5 Å². The van der Waals surface area contributed by atoms with Crippen molar-refractivity contribution in [1.29, 1.82) is 0 Å². The normalized spacial score (nSPS) is 11.6. The smallest absolute Gasteiger partial charge is 0.387 e. The molecule has 0 aliphatic carbocycles. The number of ether oxygens (including phenoxy) is 1. The highest BCUT2D eigenvalue weighted by Gasteiger charge is 2.28. The number of benzene rings is 2. The number of fused-ring (bicyclic) bond motifs is 1. The molecule has 0 saturated heterocycles. The van der Waals surface area contributed by atoms with Crippen molar-refractivity contribution in [1.82, 2.24) is 9.55 Å². The molecule has 0 radical (unpaired) electrons. The van der Waals surface area contributed by atoms with Crippen LogP contribution in [-0.2, 0) is 10.0 Å². The number of nitrogens with two attached hydrogens (primary N) is 1. The lowest BCUT2D eigenvalue weighted by atomic mass is 10.1. The Labute approximate surface area is 205 Å². The minimum atomic E-state index is -4.74. The number of hydrogen-bond acceptors (Lipinski definition) is 6. The van der Waals surface area contributed by atoms with Crippen LogP contribution in [0.4, 0.5) is 23.2 Å². The maximum Gasteiger partial charge on any atom is 0.387 e. The Morgan fingerprint density at radius 2 is 1.86 bits per heavy atom. The van der Waals surface area contributed by atoms with Gasteiger partial charge in [-0.25, -0.2) is 27.0 Å².